The molecule has 1 aromatic rings. The summed E-state index contributed by atoms with van der Waals surface area (Å²) in [5.74, 6) is -3.11. The van der Waals surface area contributed by atoms with E-state index in [1.54, 1.807) is 20.8 Å². The van der Waals surface area contributed by atoms with Crippen molar-refractivity contribution in [3.8, 4) is 0 Å². The molecular weight excluding hydrogens is 419 g/mol. The third kappa shape index (κ3) is 6.11. The predicted octanol–water partition coefficient (Wildman–Crippen LogP) is 3.83. The molecule has 2 heterocycles. The van der Waals surface area contributed by atoms with Gasteiger partial charge in [0.25, 0.3) is 5.67 Å². The van der Waals surface area contributed by atoms with Crippen molar-refractivity contribution >= 4 is 23.6 Å². The summed E-state index contributed by atoms with van der Waals surface area (Å²) in [6.45, 7) is 7.59. The Kier molecular flexibility index (Phi) is 8.46. The lowest BCUT2D eigenvalue weighted by atomic mass is 9.84. The number of nitrogens with zero attached hydrogens (tertiary/aromatic N) is 2. The Bertz CT molecular complexity index is 877. The molecular formula is C23H31FN2O6. The van der Waals surface area contributed by atoms with Crippen molar-refractivity contribution in [1.82, 2.24) is 9.55 Å². The van der Waals surface area contributed by atoms with Gasteiger partial charge in [-0.1, -0.05) is 20.8 Å². The van der Waals surface area contributed by atoms with Crippen LogP contribution < -0.4 is 0 Å². The van der Waals surface area contributed by atoms with Crippen LogP contribution >= 0.6 is 0 Å². The molecule has 0 aliphatic carbocycles. The van der Waals surface area contributed by atoms with E-state index in [0.717, 1.165) is 11.5 Å². The van der Waals surface area contributed by atoms with Crippen LogP contribution in [0.2, 0.25) is 0 Å². The van der Waals surface area contributed by atoms with Gasteiger partial charge in [0.2, 0.25) is 0 Å². The second-order valence-corrected chi connectivity index (χ2v) is 8.59. The molecule has 32 heavy (non-hydrogen) atoms. The third-order valence-electron chi connectivity index (χ3n) is 5.75. The van der Waals surface area contributed by atoms with Crippen LogP contribution in [0.15, 0.2) is 30.4 Å². The fourth-order valence-electron chi connectivity index (χ4n) is 3.70. The number of halogens is 1. The van der Waals surface area contributed by atoms with E-state index in [9.17, 15) is 19.2 Å². The Hall–Kier alpha value is -2.84. The average Bonchev–Trinajstić information content (AvgIpc) is 3.28. The molecule has 0 N–H and O–H groups in total. The highest BCUT2D eigenvalue weighted by Gasteiger charge is 2.46. The van der Waals surface area contributed by atoms with Gasteiger partial charge in [-0.2, -0.15) is 0 Å². The molecule has 0 saturated carbocycles. The zero-order valence-electron chi connectivity index (χ0n) is 19.2. The number of allylic oxidation sites excluding steroid dienone is 1. The van der Waals surface area contributed by atoms with Gasteiger partial charge >= 0.3 is 12.1 Å². The summed E-state index contributed by atoms with van der Waals surface area (Å²) in [5, 5.41) is 0. The number of hydrogen-bond donors (Lipinski definition) is 0. The number of Topliss-reactive ketones (excluding diaryl/α,β-unsaturated/α-hetero) is 2. The molecule has 1 aliphatic heterocycles. The van der Waals surface area contributed by atoms with Crippen molar-refractivity contribution < 1.29 is 33.0 Å². The smallest absolute Gasteiger partial charge is 0.419 e. The maximum absolute atomic E-state index is 15.3. The first kappa shape index (κ1) is 25.4. The standard InChI is InChI=1S/C23H31FN2O6/c1-6-18-19(32-22(30)26-10-9-25-13-26)12-15(3)17(27)8-7-14(2)11-16(4)20(28)23(5,24)21(29)31-18/h9-10,12-14,16,18-19H,6-8,11H2,1-5H3/b15-12+/t14-,16+,18+,19?,23-/m0/s1. The van der Waals surface area contributed by atoms with E-state index in [-0.39, 0.29) is 24.5 Å². The highest BCUT2D eigenvalue weighted by molar-refractivity contribution is 6.07. The zero-order chi connectivity index (χ0) is 24.1. The summed E-state index contributed by atoms with van der Waals surface area (Å²) in [6.07, 6.45) is 3.59. The van der Waals surface area contributed by atoms with Crippen LogP contribution in [0.5, 0.6) is 0 Å². The van der Waals surface area contributed by atoms with Crippen LogP contribution in [0.4, 0.5) is 9.18 Å². The van der Waals surface area contributed by atoms with Gasteiger partial charge in [0, 0.05) is 24.7 Å². The van der Waals surface area contributed by atoms with Gasteiger partial charge in [-0.3, -0.25) is 9.59 Å². The van der Waals surface area contributed by atoms with Crippen LogP contribution in [0.25, 0.3) is 0 Å². The highest BCUT2D eigenvalue weighted by atomic mass is 19.1. The van der Waals surface area contributed by atoms with Crippen molar-refractivity contribution in [2.75, 3.05) is 0 Å². The minimum absolute atomic E-state index is 0.0290. The molecule has 8 nitrogen and oxygen atoms in total. The van der Waals surface area contributed by atoms with E-state index in [4.69, 9.17) is 9.47 Å². The number of hydrogen-bond acceptors (Lipinski definition) is 7. The van der Waals surface area contributed by atoms with Gasteiger partial charge in [-0.25, -0.2) is 23.5 Å². The monoisotopic (exact) mass is 450 g/mol. The minimum Gasteiger partial charge on any atom is -0.455 e. The molecule has 0 saturated heterocycles. The van der Waals surface area contributed by atoms with Crippen LogP contribution in [0.1, 0.15) is 60.3 Å². The summed E-state index contributed by atoms with van der Waals surface area (Å²) < 4.78 is 27.1. The summed E-state index contributed by atoms with van der Waals surface area (Å²) in [7, 11) is 0. The third-order valence-corrected chi connectivity index (χ3v) is 5.75. The first-order valence-electron chi connectivity index (χ1n) is 10.8. The Labute approximate surface area is 187 Å². The van der Waals surface area contributed by atoms with Crippen molar-refractivity contribution in [2.45, 2.75) is 78.2 Å². The molecule has 0 spiro atoms. The Morgan fingerprint density at radius 3 is 2.62 bits per heavy atom. The number of esters is 1. The predicted molar refractivity (Wildman–Crippen MR) is 114 cm³/mol. The van der Waals surface area contributed by atoms with E-state index >= 15 is 4.39 Å². The number of imidazole rings is 1. The van der Waals surface area contributed by atoms with Gasteiger partial charge in [0.1, 0.15) is 12.4 Å². The van der Waals surface area contributed by atoms with Crippen molar-refractivity contribution in [2.24, 2.45) is 11.8 Å². The molecule has 9 heteroatoms. The molecule has 0 aromatic carbocycles. The molecule has 1 aliphatic rings. The van der Waals surface area contributed by atoms with E-state index < -0.39 is 41.6 Å². The van der Waals surface area contributed by atoms with Crippen molar-refractivity contribution in [3.63, 3.8) is 0 Å². The van der Waals surface area contributed by atoms with Gasteiger partial charge in [-0.05, 0) is 50.7 Å². The number of carbonyl (C=O) groups is 4. The molecule has 5 atom stereocenters. The summed E-state index contributed by atoms with van der Waals surface area (Å²) >= 11 is 0. The van der Waals surface area contributed by atoms with Crippen molar-refractivity contribution in [1.29, 1.82) is 0 Å². The Balaban J connectivity index is 2.43. The molecule has 2 rings (SSSR count). The lowest BCUT2D eigenvalue weighted by Gasteiger charge is -2.29. The topological polar surface area (TPSA) is 105 Å². The Morgan fingerprint density at radius 1 is 1.34 bits per heavy atom. The number of ketones is 2. The van der Waals surface area contributed by atoms with Crippen LogP contribution in [0.3, 0.4) is 0 Å². The molecule has 0 radical (unpaired) electrons. The van der Waals surface area contributed by atoms with Crippen LogP contribution in [-0.2, 0) is 23.9 Å². The summed E-state index contributed by atoms with van der Waals surface area (Å²) in [5.41, 5.74) is -2.50. The lowest BCUT2D eigenvalue weighted by molar-refractivity contribution is -0.171. The molecule has 0 fully saturated rings. The summed E-state index contributed by atoms with van der Waals surface area (Å²) in [6, 6.07) is 0. The van der Waals surface area contributed by atoms with Gasteiger partial charge < -0.3 is 9.47 Å². The first-order chi connectivity index (χ1) is 15.0. The van der Waals surface area contributed by atoms with Crippen LogP contribution in [0, 0.1) is 11.8 Å². The second kappa shape index (κ2) is 10.7. The number of rotatable bonds is 2. The van der Waals surface area contributed by atoms with E-state index in [1.807, 2.05) is 6.92 Å². The number of alkyl halides is 1. The second-order valence-electron chi connectivity index (χ2n) is 8.59. The number of aromatic nitrogens is 2. The fourth-order valence-corrected chi connectivity index (χ4v) is 3.70. The van der Waals surface area contributed by atoms with Gasteiger partial charge in [0.15, 0.2) is 17.7 Å². The number of cyclic esters (lactones) is 1. The SMILES string of the molecule is CC[C@H]1OC(=O)[C@@](C)(F)C(=O)[C@H](C)C[C@@H](C)CCC(=O)/C(C)=C/C1OC(=O)n1ccnc1. The molecule has 176 valence electrons. The quantitative estimate of drug-likeness (QED) is 0.498. The van der Waals surface area contributed by atoms with E-state index in [0.29, 0.717) is 18.4 Å². The minimum atomic E-state index is -2.84. The zero-order valence-corrected chi connectivity index (χ0v) is 19.2. The van der Waals surface area contributed by atoms with E-state index in [1.165, 1.54) is 24.8 Å². The molecule has 0 bridgehead atoms. The van der Waals surface area contributed by atoms with Crippen LogP contribution in [-0.4, -0.2) is 51.1 Å². The average molecular weight is 451 g/mol. The molecule has 1 unspecified atom stereocenters. The maximum atomic E-state index is 15.3. The molecule has 0 amide bonds. The lowest BCUT2D eigenvalue weighted by Crippen LogP contribution is -2.47. The molecule has 1 aromatic heterocycles. The van der Waals surface area contributed by atoms with Crippen molar-refractivity contribution in [3.05, 3.63) is 30.4 Å². The largest absolute Gasteiger partial charge is 0.455 e. The highest BCUT2D eigenvalue weighted by Crippen LogP contribution is 2.28. The first-order valence-corrected chi connectivity index (χ1v) is 10.8. The Morgan fingerprint density at radius 2 is 2.03 bits per heavy atom. The number of ether oxygens (including phenoxy) is 2. The normalized spacial score (nSPS) is 32.4. The fraction of sp³-hybridized carbons (Fsp3) is 0.609. The summed E-state index contributed by atoms with van der Waals surface area (Å²) in [4.78, 5) is 54.2. The maximum Gasteiger partial charge on any atom is 0.419 e. The van der Waals surface area contributed by atoms with E-state index in [2.05, 4.69) is 4.98 Å². The van der Waals surface area contributed by atoms with Gasteiger partial charge in [0.05, 0.1) is 0 Å². The number of carbonyl (C=O) groups excluding carboxylic acids is 4. The van der Waals surface area contributed by atoms with Gasteiger partial charge in [-0.15, -0.1) is 0 Å².